The van der Waals surface area contributed by atoms with Crippen molar-refractivity contribution in [2.24, 2.45) is 0 Å². The van der Waals surface area contributed by atoms with Gasteiger partial charge in [-0.2, -0.15) is 0 Å². The smallest absolute Gasteiger partial charge is 2.00 e. The summed E-state index contributed by atoms with van der Waals surface area (Å²) >= 11 is 0. The molecule has 0 aliphatic heterocycles. The Kier molecular flexibility index (Phi) is 6.84. The second-order valence-electron chi connectivity index (χ2n) is 6.95. The van der Waals surface area contributed by atoms with Crippen LogP contribution >= 0.6 is 0 Å². The van der Waals surface area contributed by atoms with Gasteiger partial charge in [-0.25, -0.2) is 0 Å². The largest absolute Gasteiger partial charge is 2.00 e. The molecule has 142 valence electrons. The predicted molar refractivity (Wildman–Crippen MR) is 122 cm³/mol. The van der Waals surface area contributed by atoms with E-state index in [1.165, 1.54) is 21.5 Å². The fraction of sp³-hybridized carbons (Fsp3) is 0. The van der Waals surface area contributed by atoms with Crippen molar-refractivity contribution in [2.75, 3.05) is 10.6 Å². The Morgan fingerprint density at radius 1 is 0.367 bits per heavy atom. The zero-order valence-electron chi connectivity index (χ0n) is 16.5. The molecule has 0 aliphatic rings. The molecular formula is C26H20N2OZn. The molecule has 5 rings (SSSR count). The average Bonchev–Trinajstić information content (AvgIpc) is 2.75. The molecule has 0 bridgehead atoms. The van der Waals surface area contributed by atoms with Gasteiger partial charge in [0.25, 0.3) is 0 Å². The number of fused-ring (bicyclic) bond motifs is 2. The zero-order chi connectivity index (χ0) is 18.8. The van der Waals surface area contributed by atoms with Crippen LogP contribution in [0.3, 0.4) is 0 Å². The van der Waals surface area contributed by atoms with Gasteiger partial charge in [0.05, 0.1) is 0 Å². The van der Waals surface area contributed by atoms with E-state index in [9.17, 15) is 0 Å². The zero-order valence-corrected chi connectivity index (χ0v) is 19.5. The average molecular weight is 442 g/mol. The van der Waals surface area contributed by atoms with E-state index in [1.54, 1.807) is 0 Å². The van der Waals surface area contributed by atoms with Gasteiger partial charge < -0.3 is 16.1 Å². The van der Waals surface area contributed by atoms with Gasteiger partial charge in [0.15, 0.2) is 0 Å². The van der Waals surface area contributed by atoms with Crippen LogP contribution in [0, 0.1) is 0 Å². The Balaban J connectivity index is 0.00000128. The quantitative estimate of drug-likeness (QED) is 0.286. The summed E-state index contributed by atoms with van der Waals surface area (Å²) in [6.45, 7) is 0. The number of hydrogen-bond donors (Lipinski definition) is 2. The van der Waals surface area contributed by atoms with Crippen molar-refractivity contribution in [2.45, 2.75) is 0 Å². The van der Waals surface area contributed by atoms with Gasteiger partial charge in [0, 0.05) is 22.7 Å². The minimum absolute atomic E-state index is 0. The molecule has 0 radical (unpaired) electrons. The fourth-order valence-corrected chi connectivity index (χ4v) is 3.50. The normalized spacial score (nSPS) is 10.1. The van der Waals surface area contributed by atoms with Crippen molar-refractivity contribution in [3.63, 3.8) is 0 Å². The Morgan fingerprint density at radius 3 is 1.10 bits per heavy atom. The minimum atomic E-state index is 0. The first-order valence-corrected chi connectivity index (χ1v) is 9.45. The van der Waals surface area contributed by atoms with E-state index in [0.717, 1.165) is 22.7 Å². The van der Waals surface area contributed by atoms with Crippen LogP contribution in [-0.4, -0.2) is 0 Å². The van der Waals surface area contributed by atoms with Gasteiger partial charge in [0.1, 0.15) is 0 Å². The van der Waals surface area contributed by atoms with Gasteiger partial charge >= 0.3 is 19.5 Å². The third-order valence-electron chi connectivity index (χ3n) is 4.96. The second kappa shape index (κ2) is 9.53. The molecule has 0 atom stereocenters. The Morgan fingerprint density at radius 2 is 0.700 bits per heavy atom. The van der Waals surface area contributed by atoms with E-state index in [0.29, 0.717) is 0 Å². The van der Waals surface area contributed by atoms with Crippen LogP contribution in [0.5, 0.6) is 0 Å². The standard InChI is InChI=1S/C26H20N2.O.Zn/c1-3-7-21-17-25(11-9-19(21)5-1)27-23-13-15-24(16-14-23)28-26-12-10-20-6-2-4-8-22(20)18-26;;/h1-18,27-28H;;/q;-2;+2. The van der Waals surface area contributed by atoms with Crippen molar-refractivity contribution in [1.82, 2.24) is 0 Å². The van der Waals surface area contributed by atoms with Crippen LogP contribution in [0.25, 0.3) is 21.5 Å². The van der Waals surface area contributed by atoms with E-state index in [1.807, 2.05) is 0 Å². The number of anilines is 4. The van der Waals surface area contributed by atoms with Crippen molar-refractivity contribution < 1.29 is 25.0 Å². The molecule has 2 N–H and O–H groups in total. The van der Waals surface area contributed by atoms with E-state index >= 15 is 0 Å². The summed E-state index contributed by atoms with van der Waals surface area (Å²) in [5, 5.41) is 11.9. The van der Waals surface area contributed by atoms with Crippen LogP contribution in [0.15, 0.2) is 109 Å². The third kappa shape index (κ3) is 4.68. The van der Waals surface area contributed by atoms with Crippen LogP contribution < -0.4 is 10.6 Å². The molecule has 3 nitrogen and oxygen atoms in total. The molecule has 0 spiro atoms. The summed E-state index contributed by atoms with van der Waals surface area (Å²) in [6.07, 6.45) is 0. The van der Waals surface area contributed by atoms with Crippen LogP contribution in [0.1, 0.15) is 0 Å². The minimum Gasteiger partial charge on any atom is -2.00 e. The maximum absolute atomic E-state index is 3.48. The molecule has 0 unspecified atom stereocenters. The Labute approximate surface area is 188 Å². The molecule has 4 heteroatoms. The molecular weight excluding hydrogens is 422 g/mol. The fourth-order valence-electron chi connectivity index (χ4n) is 3.50. The Hall–Kier alpha value is -3.20. The number of nitrogens with one attached hydrogen (secondary N) is 2. The van der Waals surface area contributed by atoms with Gasteiger partial charge in [0.2, 0.25) is 0 Å². The summed E-state index contributed by atoms with van der Waals surface area (Å²) in [4.78, 5) is 0. The Bertz CT molecular complexity index is 1170. The molecule has 5 aromatic carbocycles. The molecule has 0 amide bonds. The number of rotatable bonds is 4. The first-order chi connectivity index (χ1) is 13.8. The van der Waals surface area contributed by atoms with Crippen molar-refractivity contribution >= 4 is 44.3 Å². The van der Waals surface area contributed by atoms with Gasteiger partial charge in [-0.3, -0.25) is 0 Å². The SMILES string of the molecule is [O-2].[Zn+2].c1ccc2cc(Nc3ccc(Nc4ccc5ccccc5c4)cc3)ccc2c1. The monoisotopic (exact) mass is 440 g/mol. The predicted octanol–water partition coefficient (Wildman–Crippen LogP) is 7.36. The molecule has 0 saturated heterocycles. The topological polar surface area (TPSA) is 52.6 Å². The van der Waals surface area contributed by atoms with Crippen molar-refractivity contribution in [1.29, 1.82) is 0 Å². The number of hydrogen-bond acceptors (Lipinski definition) is 2. The summed E-state index contributed by atoms with van der Waals surface area (Å²) in [5.41, 5.74) is 4.32. The molecule has 30 heavy (non-hydrogen) atoms. The van der Waals surface area contributed by atoms with Crippen LogP contribution in [0.4, 0.5) is 22.7 Å². The van der Waals surface area contributed by atoms with E-state index < -0.39 is 0 Å². The summed E-state index contributed by atoms with van der Waals surface area (Å²) in [5.74, 6) is 0. The maximum atomic E-state index is 3.48. The van der Waals surface area contributed by atoms with Gasteiger partial charge in [-0.05, 0) is 70.1 Å². The molecule has 0 fully saturated rings. The summed E-state index contributed by atoms with van der Waals surface area (Å²) in [7, 11) is 0. The first-order valence-electron chi connectivity index (χ1n) is 9.45. The molecule has 0 heterocycles. The second-order valence-corrected chi connectivity index (χ2v) is 6.95. The van der Waals surface area contributed by atoms with Gasteiger partial charge in [-0.1, -0.05) is 60.7 Å². The molecule has 0 aliphatic carbocycles. The molecule has 0 aromatic heterocycles. The van der Waals surface area contributed by atoms with Gasteiger partial charge in [-0.15, -0.1) is 0 Å². The van der Waals surface area contributed by atoms with E-state index in [-0.39, 0.29) is 25.0 Å². The van der Waals surface area contributed by atoms with E-state index in [2.05, 4.69) is 120 Å². The van der Waals surface area contributed by atoms with Crippen molar-refractivity contribution in [3.05, 3.63) is 109 Å². The third-order valence-corrected chi connectivity index (χ3v) is 4.96. The summed E-state index contributed by atoms with van der Waals surface area (Å²) < 4.78 is 0. The van der Waals surface area contributed by atoms with E-state index in [4.69, 9.17) is 0 Å². The molecule has 0 saturated carbocycles. The first kappa shape index (κ1) is 21.5. The summed E-state index contributed by atoms with van der Waals surface area (Å²) in [6, 6.07) is 38.1. The van der Waals surface area contributed by atoms with Crippen LogP contribution in [0.2, 0.25) is 0 Å². The van der Waals surface area contributed by atoms with Crippen LogP contribution in [-0.2, 0) is 25.0 Å². The maximum Gasteiger partial charge on any atom is 2.00 e. The number of benzene rings is 5. The van der Waals surface area contributed by atoms with Crippen molar-refractivity contribution in [3.8, 4) is 0 Å². The molecule has 5 aromatic rings.